The van der Waals surface area contributed by atoms with Gasteiger partial charge < -0.3 is 5.32 Å². The molecule has 0 aliphatic rings. The zero-order chi connectivity index (χ0) is 13.9. The van der Waals surface area contributed by atoms with Crippen LogP contribution in [-0.2, 0) is 4.79 Å². The molecule has 1 rings (SSSR count). The molecule has 6 nitrogen and oxygen atoms in total. The second-order valence-electron chi connectivity index (χ2n) is 3.95. The van der Waals surface area contributed by atoms with Crippen LogP contribution in [0.15, 0.2) is 4.47 Å². The Morgan fingerprint density at radius 1 is 1.44 bits per heavy atom. The molecule has 0 saturated heterocycles. The lowest BCUT2D eigenvalue weighted by Crippen LogP contribution is -2.42. The van der Waals surface area contributed by atoms with Crippen molar-refractivity contribution in [3.63, 3.8) is 0 Å². The zero-order valence-electron chi connectivity index (χ0n) is 10.9. The molecule has 7 heteroatoms. The Kier molecular flexibility index (Phi) is 4.89. The minimum absolute atomic E-state index is 0.390. The fourth-order valence-electron chi connectivity index (χ4n) is 1.55. The molecule has 3 amide bonds. The predicted octanol–water partition coefficient (Wildman–Crippen LogP) is 1.67. The highest BCUT2D eigenvalue weighted by atomic mass is 79.9. The van der Waals surface area contributed by atoms with Gasteiger partial charge >= 0.3 is 6.03 Å². The molecule has 0 saturated carbocycles. The van der Waals surface area contributed by atoms with E-state index >= 15 is 0 Å². The van der Waals surface area contributed by atoms with Crippen molar-refractivity contribution >= 4 is 27.9 Å². The summed E-state index contributed by atoms with van der Waals surface area (Å²) in [5, 5.41) is 9.04. The lowest BCUT2D eigenvalue weighted by Gasteiger charge is -2.13. The maximum atomic E-state index is 11.9. The third kappa shape index (κ3) is 3.10. The van der Waals surface area contributed by atoms with Crippen molar-refractivity contribution in [1.82, 2.24) is 20.4 Å². The van der Waals surface area contributed by atoms with E-state index in [4.69, 9.17) is 0 Å². The summed E-state index contributed by atoms with van der Waals surface area (Å²) >= 11 is 3.40. The Balaban J connectivity index is 2.80. The molecule has 0 fully saturated rings. The zero-order valence-corrected chi connectivity index (χ0v) is 12.5. The first-order chi connectivity index (χ1) is 8.38. The van der Waals surface area contributed by atoms with Gasteiger partial charge in [-0.25, -0.2) is 4.79 Å². The average molecular weight is 317 g/mol. The first-order valence-corrected chi connectivity index (χ1v) is 6.47. The summed E-state index contributed by atoms with van der Waals surface area (Å²) in [6, 6.07) is -1.03. The van der Waals surface area contributed by atoms with Crippen molar-refractivity contribution in [1.29, 1.82) is 0 Å². The van der Waals surface area contributed by atoms with Gasteiger partial charge in [0.1, 0.15) is 6.04 Å². The normalized spacial score (nSPS) is 12.1. The highest BCUT2D eigenvalue weighted by Gasteiger charge is 2.21. The fourth-order valence-corrected chi connectivity index (χ4v) is 1.81. The maximum Gasteiger partial charge on any atom is 0.321 e. The van der Waals surface area contributed by atoms with Gasteiger partial charge in [0.2, 0.25) is 0 Å². The molecular formula is C11H17BrN4O2. The Bertz CT molecular complexity index is 470. The molecule has 0 aliphatic heterocycles. The number of imide groups is 1. The molecule has 0 spiro atoms. The third-order valence-corrected chi connectivity index (χ3v) is 3.70. The summed E-state index contributed by atoms with van der Waals surface area (Å²) in [4.78, 5) is 23.1. The number of aryl methyl sites for hydroxylation is 1. The highest BCUT2D eigenvalue weighted by molar-refractivity contribution is 9.10. The van der Waals surface area contributed by atoms with Gasteiger partial charge in [-0.2, -0.15) is 5.10 Å². The molecule has 1 atom stereocenters. The Labute approximate surface area is 114 Å². The van der Waals surface area contributed by atoms with E-state index in [0.717, 1.165) is 15.9 Å². The molecule has 1 aromatic heterocycles. The number of hydrogen-bond donors (Lipinski definition) is 2. The van der Waals surface area contributed by atoms with E-state index < -0.39 is 12.1 Å². The molecule has 0 aliphatic carbocycles. The van der Waals surface area contributed by atoms with Crippen LogP contribution < -0.4 is 10.6 Å². The van der Waals surface area contributed by atoms with Crippen molar-refractivity contribution in [2.75, 3.05) is 6.54 Å². The summed E-state index contributed by atoms with van der Waals surface area (Å²) in [5.74, 6) is -0.390. The molecule has 18 heavy (non-hydrogen) atoms. The predicted molar refractivity (Wildman–Crippen MR) is 71.3 cm³/mol. The van der Waals surface area contributed by atoms with E-state index in [9.17, 15) is 9.59 Å². The lowest BCUT2D eigenvalue weighted by molar-refractivity contribution is -0.123. The number of nitrogens with one attached hydrogen (secondary N) is 2. The number of aromatic nitrogens is 2. The molecule has 0 bridgehead atoms. The van der Waals surface area contributed by atoms with Crippen LogP contribution in [0.4, 0.5) is 4.79 Å². The number of nitrogens with zero attached hydrogens (tertiary/aromatic N) is 2. The van der Waals surface area contributed by atoms with Gasteiger partial charge in [0.25, 0.3) is 5.91 Å². The van der Waals surface area contributed by atoms with Crippen molar-refractivity contribution < 1.29 is 9.59 Å². The third-order valence-electron chi connectivity index (χ3n) is 2.56. The van der Waals surface area contributed by atoms with E-state index in [2.05, 4.69) is 31.7 Å². The summed E-state index contributed by atoms with van der Waals surface area (Å²) in [5.41, 5.74) is 1.66. The smallest absolute Gasteiger partial charge is 0.321 e. The van der Waals surface area contributed by atoms with Gasteiger partial charge in [0.15, 0.2) is 0 Å². The van der Waals surface area contributed by atoms with E-state index in [1.54, 1.807) is 18.5 Å². The molecule has 0 radical (unpaired) electrons. The number of hydrogen-bond acceptors (Lipinski definition) is 3. The molecule has 100 valence electrons. The SMILES string of the molecule is CCNC(=O)NC(=O)C(C)n1nc(C)c(Br)c1C. The Morgan fingerprint density at radius 3 is 2.50 bits per heavy atom. The molecule has 1 unspecified atom stereocenters. The van der Waals surface area contributed by atoms with Gasteiger partial charge in [-0.15, -0.1) is 0 Å². The van der Waals surface area contributed by atoms with Gasteiger partial charge in [0.05, 0.1) is 15.9 Å². The number of carbonyl (C=O) groups is 2. The maximum absolute atomic E-state index is 11.9. The van der Waals surface area contributed by atoms with Gasteiger partial charge in [-0.05, 0) is 43.6 Å². The number of rotatable bonds is 3. The summed E-state index contributed by atoms with van der Waals surface area (Å²) < 4.78 is 2.47. The van der Waals surface area contributed by atoms with Crippen LogP contribution in [0, 0.1) is 13.8 Å². The Morgan fingerprint density at radius 2 is 2.06 bits per heavy atom. The van der Waals surface area contributed by atoms with E-state index in [0.29, 0.717) is 6.54 Å². The van der Waals surface area contributed by atoms with E-state index in [1.165, 1.54) is 0 Å². The van der Waals surface area contributed by atoms with Crippen molar-refractivity contribution in [2.45, 2.75) is 33.7 Å². The summed E-state index contributed by atoms with van der Waals surface area (Å²) in [6.07, 6.45) is 0. The standard InChI is InChI=1S/C11H17BrN4O2/c1-5-13-11(18)14-10(17)8(4)16-7(3)9(12)6(2)15-16/h8H,5H2,1-4H3,(H2,13,14,17,18). The molecule has 1 aromatic rings. The number of urea groups is 1. The molecule has 1 heterocycles. The van der Waals surface area contributed by atoms with Crippen LogP contribution in [0.2, 0.25) is 0 Å². The van der Waals surface area contributed by atoms with Crippen LogP contribution in [0.5, 0.6) is 0 Å². The van der Waals surface area contributed by atoms with Gasteiger partial charge in [-0.3, -0.25) is 14.8 Å². The van der Waals surface area contributed by atoms with Crippen molar-refractivity contribution in [3.05, 3.63) is 15.9 Å². The topological polar surface area (TPSA) is 76.0 Å². The largest absolute Gasteiger partial charge is 0.338 e. The quantitative estimate of drug-likeness (QED) is 0.890. The van der Waals surface area contributed by atoms with E-state index in [-0.39, 0.29) is 5.91 Å². The van der Waals surface area contributed by atoms with Gasteiger partial charge in [-0.1, -0.05) is 0 Å². The summed E-state index contributed by atoms with van der Waals surface area (Å²) in [7, 11) is 0. The highest BCUT2D eigenvalue weighted by Crippen LogP contribution is 2.22. The van der Waals surface area contributed by atoms with Gasteiger partial charge in [0, 0.05) is 6.54 Å². The Hall–Kier alpha value is -1.37. The summed E-state index contributed by atoms with van der Waals surface area (Å²) in [6.45, 7) is 7.66. The minimum Gasteiger partial charge on any atom is -0.338 e. The number of amides is 3. The van der Waals surface area contributed by atoms with Crippen LogP contribution in [0.3, 0.4) is 0 Å². The first-order valence-electron chi connectivity index (χ1n) is 5.68. The average Bonchev–Trinajstić information content (AvgIpc) is 2.56. The number of carbonyl (C=O) groups excluding carboxylic acids is 2. The fraction of sp³-hybridized carbons (Fsp3) is 0.545. The molecule has 2 N–H and O–H groups in total. The first kappa shape index (κ1) is 14.7. The van der Waals surface area contributed by atoms with Crippen LogP contribution in [0.1, 0.15) is 31.3 Å². The van der Waals surface area contributed by atoms with Crippen LogP contribution >= 0.6 is 15.9 Å². The van der Waals surface area contributed by atoms with Crippen LogP contribution in [-0.4, -0.2) is 28.3 Å². The lowest BCUT2D eigenvalue weighted by atomic mass is 10.3. The second kappa shape index (κ2) is 5.99. The number of halogens is 1. The second-order valence-corrected chi connectivity index (χ2v) is 4.75. The monoisotopic (exact) mass is 316 g/mol. The van der Waals surface area contributed by atoms with Crippen LogP contribution in [0.25, 0.3) is 0 Å². The van der Waals surface area contributed by atoms with Crippen molar-refractivity contribution in [2.24, 2.45) is 0 Å². The molecule has 0 aromatic carbocycles. The van der Waals surface area contributed by atoms with Crippen molar-refractivity contribution in [3.8, 4) is 0 Å². The van der Waals surface area contributed by atoms with E-state index in [1.807, 2.05) is 13.8 Å². The molecular weight excluding hydrogens is 300 g/mol. The minimum atomic E-state index is -0.544.